The molecule has 5 nitrogen and oxygen atoms in total. The molecular weight excluding hydrogens is 381 g/mol. The fraction of sp³-hybridized carbons (Fsp3) is 0.167. The van der Waals surface area contributed by atoms with Crippen LogP contribution in [-0.4, -0.2) is 22.1 Å². The van der Waals surface area contributed by atoms with Crippen LogP contribution in [0, 0.1) is 19.7 Å². The van der Waals surface area contributed by atoms with E-state index in [1.807, 2.05) is 30.3 Å². The number of amides is 1. The van der Waals surface area contributed by atoms with Gasteiger partial charge in [-0.2, -0.15) is 0 Å². The van der Waals surface area contributed by atoms with Crippen molar-refractivity contribution in [2.75, 3.05) is 6.61 Å². The zero-order valence-electron chi connectivity index (χ0n) is 16.9. The second-order valence-electron chi connectivity index (χ2n) is 7.25. The Bertz CT molecular complexity index is 1230. The van der Waals surface area contributed by atoms with Crippen LogP contribution in [-0.2, 0) is 11.3 Å². The molecular formula is C24H22FN3O2. The molecule has 2 N–H and O–H groups in total. The Morgan fingerprint density at radius 1 is 1.03 bits per heavy atom. The molecule has 0 aliphatic carbocycles. The molecule has 1 aromatic heterocycles. The molecule has 0 saturated carbocycles. The van der Waals surface area contributed by atoms with E-state index >= 15 is 0 Å². The second kappa shape index (κ2) is 7.99. The molecule has 0 radical (unpaired) electrons. The molecule has 6 heteroatoms. The Morgan fingerprint density at radius 2 is 1.73 bits per heavy atom. The average molecular weight is 403 g/mol. The summed E-state index contributed by atoms with van der Waals surface area (Å²) >= 11 is 0. The first-order valence-electron chi connectivity index (χ1n) is 9.66. The van der Waals surface area contributed by atoms with E-state index in [2.05, 4.69) is 30.5 Å². The lowest BCUT2D eigenvalue weighted by atomic mass is 10.0. The van der Waals surface area contributed by atoms with Gasteiger partial charge >= 0.3 is 0 Å². The zero-order valence-corrected chi connectivity index (χ0v) is 16.9. The number of aryl methyl sites for hydroxylation is 2. The van der Waals surface area contributed by atoms with Gasteiger partial charge in [-0.15, -0.1) is 0 Å². The largest absolute Gasteiger partial charge is 0.480 e. The maximum atomic E-state index is 14.6. The van der Waals surface area contributed by atoms with E-state index in [1.165, 1.54) is 22.8 Å². The highest BCUT2D eigenvalue weighted by Gasteiger charge is 2.20. The van der Waals surface area contributed by atoms with Gasteiger partial charge in [-0.05, 0) is 54.8 Å². The molecule has 0 unspecified atom stereocenters. The molecule has 0 spiro atoms. The van der Waals surface area contributed by atoms with E-state index in [0.717, 1.165) is 11.0 Å². The predicted molar refractivity (Wildman–Crippen MR) is 115 cm³/mol. The maximum Gasteiger partial charge on any atom is 0.255 e. The monoisotopic (exact) mass is 403 g/mol. The van der Waals surface area contributed by atoms with Gasteiger partial charge in [0.25, 0.3) is 5.91 Å². The van der Waals surface area contributed by atoms with Crippen molar-refractivity contribution in [2.45, 2.75) is 20.4 Å². The number of carbonyl (C=O) groups excluding carboxylic acids is 1. The predicted octanol–water partition coefficient (Wildman–Crippen LogP) is 4.37. The first kappa shape index (κ1) is 19.6. The lowest BCUT2D eigenvalue weighted by Gasteiger charge is -2.16. The smallest absolute Gasteiger partial charge is 0.255 e. The first-order valence-corrected chi connectivity index (χ1v) is 9.66. The number of halogens is 1. The average Bonchev–Trinajstić information content (AvgIpc) is 3.08. The minimum atomic E-state index is -0.673. The van der Waals surface area contributed by atoms with Crippen LogP contribution in [0.15, 0.2) is 60.7 Å². The van der Waals surface area contributed by atoms with E-state index in [9.17, 15) is 9.18 Å². The lowest BCUT2D eigenvalue weighted by molar-refractivity contribution is -0.119. The highest BCUT2D eigenvalue weighted by molar-refractivity contribution is 5.82. The van der Waals surface area contributed by atoms with Crippen molar-refractivity contribution in [1.82, 2.24) is 9.55 Å². The number of primary amides is 1. The number of carbonyl (C=O) groups is 1. The van der Waals surface area contributed by atoms with Crippen molar-refractivity contribution in [2.24, 2.45) is 5.73 Å². The van der Waals surface area contributed by atoms with Crippen LogP contribution in [0.1, 0.15) is 16.7 Å². The van der Waals surface area contributed by atoms with Crippen LogP contribution < -0.4 is 10.5 Å². The standard InChI is InChI=1S/C24H22FN3O2/c1-15-7-5-8-16(2)18(15)13-28-21-12-4-3-11-20(21)27-24(28)17-9-6-10-19(25)23(17)30-14-22(26)29/h3-12H,13-14H2,1-2H3,(H2,26,29). The van der Waals surface area contributed by atoms with Gasteiger partial charge in [0.1, 0.15) is 5.82 Å². The number of ether oxygens (including phenoxy) is 1. The van der Waals surface area contributed by atoms with Gasteiger partial charge in [-0.1, -0.05) is 36.4 Å². The van der Waals surface area contributed by atoms with Gasteiger partial charge in [0, 0.05) is 0 Å². The minimum absolute atomic E-state index is 0.0330. The van der Waals surface area contributed by atoms with E-state index in [4.69, 9.17) is 15.5 Å². The number of nitrogens with two attached hydrogens (primary N) is 1. The number of aromatic nitrogens is 2. The number of hydrogen-bond donors (Lipinski definition) is 1. The summed E-state index contributed by atoms with van der Waals surface area (Å²) < 4.78 is 22.1. The molecule has 0 fully saturated rings. The molecule has 0 bridgehead atoms. The number of fused-ring (bicyclic) bond motifs is 1. The van der Waals surface area contributed by atoms with Crippen LogP contribution in [0.2, 0.25) is 0 Å². The molecule has 4 aromatic rings. The van der Waals surface area contributed by atoms with Gasteiger partial charge < -0.3 is 15.0 Å². The Balaban J connectivity index is 1.92. The summed E-state index contributed by atoms with van der Waals surface area (Å²) in [7, 11) is 0. The SMILES string of the molecule is Cc1cccc(C)c1Cn1c(-c2cccc(F)c2OCC(N)=O)nc2ccccc21. The van der Waals surface area contributed by atoms with E-state index in [-0.39, 0.29) is 5.75 Å². The van der Waals surface area contributed by atoms with E-state index in [1.54, 1.807) is 12.1 Å². The van der Waals surface area contributed by atoms with Gasteiger partial charge in [0.2, 0.25) is 0 Å². The van der Waals surface area contributed by atoms with Crippen molar-refractivity contribution in [3.63, 3.8) is 0 Å². The highest BCUT2D eigenvalue weighted by Crippen LogP contribution is 2.35. The van der Waals surface area contributed by atoms with Crippen LogP contribution >= 0.6 is 0 Å². The lowest BCUT2D eigenvalue weighted by Crippen LogP contribution is -2.20. The molecule has 1 amide bonds. The highest BCUT2D eigenvalue weighted by atomic mass is 19.1. The van der Waals surface area contributed by atoms with Crippen LogP contribution in [0.4, 0.5) is 4.39 Å². The second-order valence-corrected chi connectivity index (χ2v) is 7.25. The van der Waals surface area contributed by atoms with Gasteiger partial charge in [0.15, 0.2) is 18.2 Å². The summed E-state index contributed by atoms with van der Waals surface area (Å²) in [6.07, 6.45) is 0. The Morgan fingerprint density at radius 3 is 2.47 bits per heavy atom. The summed E-state index contributed by atoms with van der Waals surface area (Å²) in [4.78, 5) is 16.0. The molecule has 0 atom stereocenters. The van der Waals surface area contributed by atoms with Crippen molar-refractivity contribution in [3.05, 3.63) is 83.2 Å². The molecule has 0 aliphatic rings. The Kier molecular flexibility index (Phi) is 5.23. The molecule has 152 valence electrons. The summed E-state index contributed by atoms with van der Waals surface area (Å²) in [5.74, 6) is -0.708. The quantitative estimate of drug-likeness (QED) is 0.520. The van der Waals surface area contributed by atoms with Crippen LogP contribution in [0.3, 0.4) is 0 Å². The zero-order chi connectivity index (χ0) is 21.3. The summed E-state index contributed by atoms with van der Waals surface area (Å²) in [5, 5.41) is 0. The molecule has 0 saturated heterocycles. The van der Waals surface area contributed by atoms with E-state index in [0.29, 0.717) is 17.9 Å². The van der Waals surface area contributed by atoms with Crippen LogP contribution in [0.25, 0.3) is 22.4 Å². The number of rotatable bonds is 6. The molecule has 1 heterocycles. The summed E-state index contributed by atoms with van der Waals surface area (Å²) in [6, 6.07) is 18.6. The first-order chi connectivity index (χ1) is 14.5. The number of para-hydroxylation sites is 3. The minimum Gasteiger partial charge on any atom is -0.480 e. The Labute approximate surface area is 173 Å². The molecule has 3 aromatic carbocycles. The van der Waals surface area contributed by atoms with Gasteiger partial charge in [0.05, 0.1) is 23.1 Å². The number of imidazole rings is 1. The van der Waals surface area contributed by atoms with Crippen molar-refractivity contribution < 1.29 is 13.9 Å². The Hall–Kier alpha value is -3.67. The topological polar surface area (TPSA) is 70.1 Å². The normalized spacial score (nSPS) is 11.0. The van der Waals surface area contributed by atoms with Crippen molar-refractivity contribution in [1.29, 1.82) is 0 Å². The number of benzene rings is 3. The van der Waals surface area contributed by atoms with Crippen molar-refractivity contribution >= 4 is 16.9 Å². The van der Waals surface area contributed by atoms with Crippen LogP contribution in [0.5, 0.6) is 5.75 Å². The number of nitrogens with zero attached hydrogens (tertiary/aromatic N) is 2. The maximum absolute atomic E-state index is 14.6. The van der Waals surface area contributed by atoms with E-state index < -0.39 is 18.3 Å². The third-order valence-corrected chi connectivity index (χ3v) is 5.18. The summed E-state index contributed by atoms with van der Waals surface area (Å²) in [5.41, 5.74) is 10.9. The number of hydrogen-bond acceptors (Lipinski definition) is 3. The fourth-order valence-electron chi connectivity index (χ4n) is 3.67. The van der Waals surface area contributed by atoms with Crippen molar-refractivity contribution in [3.8, 4) is 17.1 Å². The summed E-state index contributed by atoms with van der Waals surface area (Å²) in [6.45, 7) is 4.31. The molecule has 30 heavy (non-hydrogen) atoms. The molecule has 4 rings (SSSR count). The molecule has 0 aliphatic heterocycles. The third kappa shape index (κ3) is 3.64. The van der Waals surface area contributed by atoms with Gasteiger partial charge in [-0.3, -0.25) is 4.79 Å². The van der Waals surface area contributed by atoms with Gasteiger partial charge in [-0.25, -0.2) is 9.37 Å². The third-order valence-electron chi connectivity index (χ3n) is 5.18. The fourth-order valence-corrected chi connectivity index (χ4v) is 3.67.